The quantitative estimate of drug-likeness (QED) is 0.348. The Bertz CT molecular complexity index is 938. The molecule has 1 aliphatic heterocycles. The third kappa shape index (κ3) is 4.88. The van der Waals surface area contributed by atoms with Crippen LogP contribution in [0, 0.1) is 0 Å². The van der Waals surface area contributed by atoms with Gasteiger partial charge in [-0.2, -0.15) is 13.5 Å². The number of amides is 1. The molecule has 1 saturated carbocycles. The zero-order chi connectivity index (χ0) is 21.1. The highest BCUT2D eigenvalue weighted by Crippen LogP contribution is 2.49. The van der Waals surface area contributed by atoms with E-state index < -0.39 is 5.41 Å². The van der Waals surface area contributed by atoms with Gasteiger partial charge in [-0.15, -0.1) is 0 Å². The molecule has 2 fully saturated rings. The van der Waals surface area contributed by atoms with Gasteiger partial charge in [0.05, 0.1) is 17.2 Å². The van der Waals surface area contributed by atoms with Crippen molar-refractivity contribution in [2.75, 3.05) is 19.6 Å². The van der Waals surface area contributed by atoms with E-state index in [1.165, 1.54) is 12.8 Å². The maximum atomic E-state index is 13.4. The number of hydrogen-bond donors (Lipinski definition) is 3. The van der Waals surface area contributed by atoms with Crippen molar-refractivity contribution in [3.05, 3.63) is 65.2 Å². The third-order valence-corrected chi connectivity index (χ3v) is 6.42. The molecule has 166 valence electrons. The average Bonchev–Trinajstić information content (AvgIpc) is 3.43. The van der Waals surface area contributed by atoms with E-state index in [0.29, 0.717) is 11.3 Å². The summed E-state index contributed by atoms with van der Waals surface area (Å²) in [6.45, 7) is 4.58. The monoisotopic (exact) mass is 441 g/mol. The predicted octanol–water partition coefficient (Wildman–Crippen LogP) is 3.69. The van der Waals surface area contributed by atoms with E-state index in [9.17, 15) is 9.90 Å². The van der Waals surface area contributed by atoms with Crippen LogP contribution in [0.1, 0.15) is 55.3 Å². The van der Waals surface area contributed by atoms with E-state index in [4.69, 9.17) is 5.21 Å². The molecule has 7 heteroatoms. The van der Waals surface area contributed by atoms with Gasteiger partial charge in [0.15, 0.2) is 0 Å². The molecule has 1 atom stereocenters. The van der Waals surface area contributed by atoms with Crippen LogP contribution in [0.3, 0.4) is 0 Å². The smallest absolute Gasteiger partial charge is 0.231 e. The standard InChI is InChI=1S/C24H29N3O3.H2S/c1-17(26-30)20-15-19(9-10-22(20)28)24(11-12-24)23(29)25-21(16-27-13-5-6-14-27)18-7-3-2-4-8-18;/h2-4,7-10,15,21,28,30H,5-6,11-14,16H2,1H3,(H,25,29);1H2/b26-17-;/t21-;/m1./s1. The normalized spacial score (nSPS) is 18.8. The summed E-state index contributed by atoms with van der Waals surface area (Å²) >= 11 is 0. The lowest BCUT2D eigenvalue weighted by molar-refractivity contribution is -0.124. The maximum Gasteiger partial charge on any atom is 0.231 e. The van der Waals surface area contributed by atoms with Crippen molar-refractivity contribution >= 4 is 25.1 Å². The SMILES string of the molecule is C/C(=N/O)c1cc(C2(C(=O)N[C@H](CN3CCCC3)c3ccccc3)CC2)ccc1O.S. The molecule has 1 saturated heterocycles. The van der Waals surface area contributed by atoms with Crippen LogP contribution in [0.15, 0.2) is 53.7 Å². The molecule has 1 amide bonds. The summed E-state index contributed by atoms with van der Waals surface area (Å²) in [5, 5.41) is 25.7. The Labute approximate surface area is 190 Å². The van der Waals surface area contributed by atoms with E-state index in [2.05, 4.69) is 27.5 Å². The van der Waals surface area contributed by atoms with E-state index >= 15 is 0 Å². The van der Waals surface area contributed by atoms with Gasteiger partial charge in [-0.3, -0.25) is 4.79 Å². The van der Waals surface area contributed by atoms with Crippen molar-refractivity contribution in [2.24, 2.45) is 5.16 Å². The average molecular weight is 442 g/mol. The molecule has 31 heavy (non-hydrogen) atoms. The summed E-state index contributed by atoms with van der Waals surface area (Å²) in [7, 11) is 0. The van der Waals surface area contributed by atoms with Crippen LogP contribution < -0.4 is 5.32 Å². The molecule has 0 bridgehead atoms. The number of nitrogens with one attached hydrogen (secondary N) is 1. The van der Waals surface area contributed by atoms with Gasteiger partial charge in [-0.25, -0.2) is 0 Å². The van der Waals surface area contributed by atoms with Crippen LogP contribution in [-0.2, 0) is 10.2 Å². The molecular formula is C24H31N3O3S. The number of phenols is 1. The molecule has 6 nitrogen and oxygen atoms in total. The van der Waals surface area contributed by atoms with E-state index in [-0.39, 0.29) is 31.2 Å². The zero-order valence-electron chi connectivity index (χ0n) is 17.8. The number of benzene rings is 2. The number of oxime groups is 1. The van der Waals surface area contributed by atoms with Crippen molar-refractivity contribution in [3.63, 3.8) is 0 Å². The van der Waals surface area contributed by atoms with Gasteiger partial charge in [-0.05, 0) is 69.0 Å². The van der Waals surface area contributed by atoms with Gasteiger partial charge in [0.1, 0.15) is 5.75 Å². The Balaban J connectivity index is 0.00000272. The number of rotatable bonds is 7. The molecule has 2 aliphatic rings. The number of phenolic OH excluding ortho intramolecular Hbond substituents is 1. The van der Waals surface area contributed by atoms with Crippen LogP contribution in [0.2, 0.25) is 0 Å². The Kier molecular flexibility index (Phi) is 7.28. The molecule has 1 aliphatic carbocycles. The fourth-order valence-electron chi connectivity index (χ4n) is 4.39. The first-order chi connectivity index (χ1) is 14.5. The Morgan fingerprint density at radius 3 is 2.45 bits per heavy atom. The van der Waals surface area contributed by atoms with E-state index in [1.807, 2.05) is 18.2 Å². The summed E-state index contributed by atoms with van der Waals surface area (Å²) in [6, 6.07) is 15.2. The van der Waals surface area contributed by atoms with Crippen LogP contribution >= 0.6 is 13.5 Å². The molecular weight excluding hydrogens is 410 g/mol. The highest BCUT2D eigenvalue weighted by molar-refractivity contribution is 7.59. The van der Waals surface area contributed by atoms with Gasteiger partial charge in [0.25, 0.3) is 0 Å². The first-order valence-corrected chi connectivity index (χ1v) is 10.6. The van der Waals surface area contributed by atoms with Gasteiger partial charge in [0.2, 0.25) is 5.91 Å². The lowest BCUT2D eigenvalue weighted by atomic mass is 9.91. The first kappa shape index (κ1) is 23.2. The van der Waals surface area contributed by atoms with Crippen molar-refractivity contribution in [2.45, 2.75) is 44.1 Å². The van der Waals surface area contributed by atoms with Gasteiger partial charge < -0.3 is 20.5 Å². The molecule has 0 radical (unpaired) electrons. The summed E-state index contributed by atoms with van der Waals surface area (Å²) in [4.78, 5) is 15.9. The largest absolute Gasteiger partial charge is 0.507 e. The number of carbonyl (C=O) groups is 1. The van der Waals surface area contributed by atoms with E-state index in [1.54, 1.807) is 25.1 Å². The number of hydrogen-bond acceptors (Lipinski definition) is 5. The summed E-state index contributed by atoms with van der Waals surface area (Å²) in [5.74, 6) is 0.0623. The van der Waals surface area contributed by atoms with Crippen LogP contribution in [-0.4, -0.2) is 46.5 Å². The lowest BCUT2D eigenvalue weighted by Crippen LogP contribution is -2.42. The van der Waals surface area contributed by atoms with Crippen molar-refractivity contribution in [1.29, 1.82) is 0 Å². The Morgan fingerprint density at radius 1 is 1.16 bits per heavy atom. The minimum Gasteiger partial charge on any atom is -0.507 e. The molecule has 4 rings (SSSR count). The fraction of sp³-hybridized carbons (Fsp3) is 0.417. The molecule has 1 heterocycles. The molecule has 0 unspecified atom stereocenters. The lowest BCUT2D eigenvalue weighted by Gasteiger charge is -2.27. The first-order valence-electron chi connectivity index (χ1n) is 10.6. The minimum atomic E-state index is -0.587. The zero-order valence-corrected chi connectivity index (χ0v) is 18.8. The highest BCUT2D eigenvalue weighted by Gasteiger charge is 2.52. The minimum absolute atomic E-state index is 0. The number of carbonyl (C=O) groups excluding carboxylic acids is 1. The van der Waals surface area contributed by atoms with Crippen molar-refractivity contribution < 1.29 is 15.1 Å². The number of aromatic hydroxyl groups is 1. The van der Waals surface area contributed by atoms with Gasteiger partial charge in [-0.1, -0.05) is 41.6 Å². The second-order valence-corrected chi connectivity index (χ2v) is 8.44. The summed E-state index contributed by atoms with van der Waals surface area (Å²) < 4.78 is 0. The Hall–Kier alpha value is -2.51. The van der Waals surface area contributed by atoms with Crippen molar-refractivity contribution in [1.82, 2.24) is 10.2 Å². The molecule has 0 aromatic heterocycles. The number of nitrogens with zero attached hydrogens (tertiary/aromatic N) is 2. The van der Waals surface area contributed by atoms with Crippen LogP contribution in [0.5, 0.6) is 5.75 Å². The van der Waals surface area contributed by atoms with Crippen molar-refractivity contribution in [3.8, 4) is 5.75 Å². The Morgan fingerprint density at radius 2 is 1.84 bits per heavy atom. The van der Waals surface area contributed by atoms with Gasteiger partial charge in [0, 0.05) is 12.1 Å². The highest BCUT2D eigenvalue weighted by atomic mass is 32.1. The molecule has 3 N–H and O–H groups in total. The van der Waals surface area contributed by atoms with Crippen LogP contribution in [0.4, 0.5) is 0 Å². The summed E-state index contributed by atoms with van der Waals surface area (Å²) in [6.07, 6.45) is 3.95. The summed E-state index contributed by atoms with van der Waals surface area (Å²) in [5.41, 5.74) is 2.15. The fourth-order valence-corrected chi connectivity index (χ4v) is 4.39. The molecule has 2 aromatic rings. The maximum absolute atomic E-state index is 13.4. The van der Waals surface area contributed by atoms with Crippen LogP contribution in [0.25, 0.3) is 0 Å². The molecule has 0 spiro atoms. The predicted molar refractivity (Wildman–Crippen MR) is 126 cm³/mol. The van der Waals surface area contributed by atoms with E-state index in [0.717, 1.165) is 43.6 Å². The molecule has 2 aromatic carbocycles. The topological polar surface area (TPSA) is 85.2 Å². The van der Waals surface area contributed by atoms with Gasteiger partial charge >= 0.3 is 0 Å². The third-order valence-electron chi connectivity index (χ3n) is 6.42. The number of likely N-dealkylation sites (tertiary alicyclic amines) is 1. The second-order valence-electron chi connectivity index (χ2n) is 8.44. The second kappa shape index (κ2) is 9.75.